The van der Waals surface area contributed by atoms with Crippen molar-refractivity contribution in [3.63, 3.8) is 0 Å². The van der Waals surface area contributed by atoms with Crippen LogP contribution < -0.4 is 4.90 Å². The summed E-state index contributed by atoms with van der Waals surface area (Å²) in [5.74, 6) is 1.81. The van der Waals surface area contributed by atoms with Gasteiger partial charge in [0, 0.05) is 26.6 Å². The first-order chi connectivity index (χ1) is 8.79. The van der Waals surface area contributed by atoms with E-state index in [9.17, 15) is 0 Å². The van der Waals surface area contributed by atoms with Gasteiger partial charge >= 0.3 is 0 Å². The Morgan fingerprint density at radius 3 is 2.78 bits per heavy atom. The molecule has 2 aromatic heterocycles. The highest BCUT2D eigenvalue weighted by Crippen LogP contribution is 2.23. The Morgan fingerprint density at radius 1 is 1.28 bits per heavy atom. The molecule has 0 atom stereocenters. The lowest BCUT2D eigenvalue weighted by atomic mass is 10.3. The summed E-state index contributed by atoms with van der Waals surface area (Å²) >= 11 is 0. The van der Waals surface area contributed by atoms with E-state index >= 15 is 0 Å². The molecule has 2 aromatic rings. The summed E-state index contributed by atoms with van der Waals surface area (Å²) in [4.78, 5) is 15.8. The van der Waals surface area contributed by atoms with Crippen molar-refractivity contribution in [1.82, 2.24) is 19.5 Å². The van der Waals surface area contributed by atoms with Crippen molar-refractivity contribution < 1.29 is 4.74 Å². The van der Waals surface area contributed by atoms with E-state index in [-0.39, 0.29) is 0 Å². The maximum absolute atomic E-state index is 5.38. The van der Waals surface area contributed by atoms with E-state index in [1.807, 2.05) is 11.6 Å². The lowest BCUT2D eigenvalue weighted by Crippen LogP contribution is -2.37. The second-order valence-electron chi connectivity index (χ2n) is 4.44. The number of rotatable bonds is 2. The number of aromatic nitrogens is 4. The van der Waals surface area contributed by atoms with E-state index in [4.69, 9.17) is 4.74 Å². The van der Waals surface area contributed by atoms with Gasteiger partial charge in [-0.2, -0.15) is 0 Å². The molecule has 6 nitrogen and oxygen atoms in total. The summed E-state index contributed by atoms with van der Waals surface area (Å²) in [6.45, 7) is 5.30. The topological polar surface area (TPSA) is 56.1 Å². The van der Waals surface area contributed by atoms with Crippen molar-refractivity contribution in [2.45, 2.75) is 13.3 Å². The number of anilines is 1. The van der Waals surface area contributed by atoms with Crippen LogP contribution in [0.1, 0.15) is 12.7 Å². The lowest BCUT2D eigenvalue weighted by molar-refractivity contribution is 0.122. The highest BCUT2D eigenvalue weighted by Gasteiger charge is 2.19. The molecular formula is C12H17N5O. The van der Waals surface area contributed by atoms with Gasteiger partial charge in [0.2, 0.25) is 0 Å². The fraction of sp³-hybridized carbons (Fsp3) is 0.583. The highest BCUT2D eigenvalue weighted by atomic mass is 16.5. The normalized spacial score (nSPS) is 16.4. The second kappa shape index (κ2) is 4.53. The molecule has 1 saturated heterocycles. The van der Waals surface area contributed by atoms with Gasteiger partial charge in [-0.05, 0) is 0 Å². The van der Waals surface area contributed by atoms with Crippen LogP contribution in [0.5, 0.6) is 0 Å². The van der Waals surface area contributed by atoms with E-state index in [2.05, 4.69) is 26.8 Å². The molecule has 0 aromatic carbocycles. The second-order valence-corrected chi connectivity index (χ2v) is 4.44. The molecule has 1 aliphatic heterocycles. The first kappa shape index (κ1) is 11.4. The third kappa shape index (κ3) is 1.82. The summed E-state index contributed by atoms with van der Waals surface area (Å²) in [6, 6.07) is 0. The highest BCUT2D eigenvalue weighted by molar-refractivity contribution is 5.83. The number of aryl methyl sites for hydroxylation is 2. The van der Waals surface area contributed by atoms with Gasteiger partial charge in [-0.1, -0.05) is 6.92 Å². The van der Waals surface area contributed by atoms with Gasteiger partial charge in [0.1, 0.15) is 5.82 Å². The lowest BCUT2D eigenvalue weighted by Gasteiger charge is -2.28. The van der Waals surface area contributed by atoms with Crippen LogP contribution in [0.4, 0.5) is 5.82 Å². The van der Waals surface area contributed by atoms with Crippen LogP contribution in [0, 0.1) is 0 Å². The van der Waals surface area contributed by atoms with Crippen molar-refractivity contribution in [2.75, 3.05) is 31.2 Å². The van der Waals surface area contributed by atoms with Crippen LogP contribution in [0.2, 0.25) is 0 Å². The van der Waals surface area contributed by atoms with E-state index in [0.29, 0.717) is 0 Å². The summed E-state index contributed by atoms with van der Waals surface area (Å²) in [5.41, 5.74) is 1.79. The average Bonchev–Trinajstić information content (AvgIpc) is 2.80. The Labute approximate surface area is 106 Å². The number of ether oxygens (including phenoxy) is 1. The van der Waals surface area contributed by atoms with Crippen LogP contribution >= 0.6 is 0 Å². The maximum atomic E-state index is 5.38. The third-order valence-electron chi connectivity index (χ3n) is 3.21. The summed E-state index contributed by atoms with van der Waals surface area (Å²) in [6.07, 6.45) is 2.63. The van der Waals surface area contributed by atoms with Crippen LogP contribution in [0.3, 0.4) is 0 Å². The van der Waals surface area contributed by atoms with Crippen molar-refractivity contribution in [3.8, 4) is 0 Å². The van der Waals surface area contributed by atoms with E-state index in [1.54, 1.807) is 6.33 Å². The molecule has 18 heavy (non-hydrogen) atoms. The molecule has 6 heteroatoms. The summed E-state index contributed by atoms with van der Waals surface area (Å²) < 4.78 is 7.33. The fourth-order valence-electron chi connectivity index (χ4n) is 2.19. The number of imidazole rings is 1. The first-order valence-corrected chi connectivity index (χ1v) is 6.30. The minimum Gasteiger partial charge on any atom is -0.378 e. The largest absolute Gasteiger partial charge is 0.378 e. The molecule has 0 spiro atoms. The summed E-state index contributed by atoms with van der Waals surface area (Å²) in [7, 11) is 1.96. The van der Waals surface area contributed by atoms with Crippen molar-refractivity contribution in [3.05, 3.63) is 12.2 Å². The Morgan fingerprint density at radius 2 is 2.06 bits per heavy atom. The van der Waals surface area contributed by atoms with Crippen LogP contribution in [0.15, 0.2) is 6.33 Å². The predicted octanol–water partition coefficient (Wildman–Crippen LogP) is 0.762. The molecule has 96 valence electrons. The van der Waals surface area contributed by atoms with Crippen molar-refractivity contribution in [2.24, 2.45) is 7.05 Å². The zero-order chi connectivity index (χ0) is 12.5. The van der Waals surface area contributed by atoms with E-state index < -0.39 is 0 Å². The van der Waals surface area contributed by atoms with Gasteiger partial charge in [0.15, 0.2) is 17.0 Å². The number of nitrogens with zero attached hydrogens (tertiary/aromatic N) is 5. The van der Waals surface area contributed by atoms with Crippen molar-refractivity contribution in [1.29, 1.82) is 0 Å². The molecule has 1 fully saturated rings. The number of hydrogen-bond acceptors (Lipinski definition) is 5. The molecule has 0 unspecified atom stereocenters. The summed E-state index contributed by atoms with van der Waals surface area (Å²) in [5, 5.41) is 0. The van der Waals surface area contributed by atoms with Gasteiger partial charge in [-0.25, -0.2) is 15.0 Å². The van der Waals surface area contributed by atoms with Crippen LogP contribution in [-0.2, 0) is 18.2 Å². The van der Waals surface area contributed by atoms with Gasteiger partial charge < -0.3 is 14.2 Å². The zero-order valence-electron chi connectivity index (χ0n) is 10.8. The van der Waals surface area contributed by atoms with Gasteiger partial charge in [0.05, 0.1) is 19.5 Å². The van der Waals surface area contributed by atoms with E-state index in [1.165, 1.54) is 0 Å². The quantitative estimate of drug-likeness (QED) is 0.784. The number of morpholine rings is 1. The van der Waals surface area contributed by atoms with Gasteiger partial charge in [0.25, 0.3) is 0 Å². The Bertz CT molecular complexity index is 559. The molecule has 1 aliphatic rings. The minimum absolute atomic E-state index is 0.750. The first-order valence-electron chi connectivity index (χ1n) is 6.30. The van der Waals surface area contributed by atoms with Gasteiger partial charge in [-0.3, -0.25) is 0 Å². The molecule has 0 N–H and O–H groups in total. The molecule has 0 bridgehead atoms. The number of hydrogen-bond donors (Lipinski definition) is 0. The van der Waals surface area contributed by atoms with Gasteiger partial charge in [-0.15, -0.1) is 0 Å². The average molecular weight is 247 g/mol. The SMILES string of the molecule is CCc1nc(N2CCOCC2)c2ncn(C)c2n1. The smallest absolute Gasteiger partial charge is 0.165 e. The Kier molecular flexibility index (Phi) is 2.87. The monoisotopic (exact) mass is 247 g/mol. The Balaban J connectivity index is 2.13. The molecule has 0 amide bonds. The molecule has 3 rings (SSSR count). The van der Waals surface area contributed by atoms with E-state index in [0.717, 1.165) is 55.5 Å². The van der Waals surface area contributed by atoms with Crippen LogP contribution in [-0.4, -0.2) is 45.8 Å². The molecule has 0 saturated carbocycles. The zero-order valence-corrected chi connectivity index (χ0v) is 10.8. The minimum atomic E-state index is 0.750. The molecule has 3 heterocycles. The molecular weight excluding hydrogens is 230 g/mol. The maximum Gasteiger partial charge on any atom is 0.165 e. The number of fused-ring (bicyclic) bond motifs is 1. The third-order valence-corrected chi connectivity index (χ3v) is 3.21. The standard InChI is InChI=1S/C12H17N5O/c1-3-9-14-11-10(13-8-16(11)2)12(15-9)17-4-6-18-7-5-17/h8H,3-7H2,1-2H3. The Hall–Kier alpha value is -1.69. The predicted molar refractivity (Wildman–Crippen MR) is 68.7 cm³/mol. The fourth-order valence-corrected chi connectivity index (χ4v) is 2.19. The van der Waals surface area contributed by atoms with Crippen LogP contribution in [0.25, 0.3) is 11.2 Å². The van der Waals surface area contributed by atoms with Crippen molar-refractivity contribution >= 4 is 17.0 Å². The molecule has 0 aliphatic carbocycles. The molecule has 0 radical (unpaired) electrons.